The molecule has 3 aromatic rings. The van der Waals surface area contributed by atoms with Crippen LogP contribution in [0.5, 0.6) is 11.5 Å². The van der Waals surface area contributed by atoms with E-state index in [-0.39, 0.29) is 11.9 Å². The SMILES string of the molecule is COCC(C)NC(=O)c1ccc(OC)c(COc2ccc3ccccc3c2)c1. The Bertz CT molecular complexity index is 954. The average Bonchev–Trinajstić information content (AvgIpc) is 2.72. The Labute approximate surface area is 165 Å². The molecule has 3 rings (SSSR count). The van der Waals surface area contributed by atoms with Crippen molar-refractivity contribution in [2.45, 2.75) is 19.6 Å². The number of benzene rings is 3. The van der Waals surface area contributed by atoms with Gasteiger partial charge in [0, 0.05) is 24.3 Å². The molecule has 5 heteroatoms. The second-order valence-electron chi connectivity index (χ2n) is 6.65. The van der Waals surface area contributed by atoms with Crippen LogP contribution in [0.4, 0.5) is 0 Å². The summed E-state index contributed by atoms with van der Waals surface area (Å²) in [6.45, 7) is 2.66. The van der Waals surface area contributed by atoms with Crippen LogP contribution in [0.15, 0.2) is 60.7 Å². The highest BCUT2D eigenvalue weighted by molar-refractivity contribution is 5.94. The van der Waals surface area contributed by atoms with Crippen molar-refractivity contribution in [2.75, 3.05) is 20.8 Å². The number of nitrogens with one attached hydrogen (secondary N) is 1. The molecule has 3 aromatic carbocycles. The maximum Gasteiger partial charge on any atom is 0.251 e. The van der Waals surface area contributed by atoms with Gasteiger partial charge >= 0.3 is 0 Å². The Morgan fingerprint density at radius 2 is 1.79 bits per heavy atom. The van der Waals surface area contributed by atoms with E-state index in [1.165, 1.54) is 0 Å². The molecule has 1 unspecified atom stereocenters. The van der Waals surface area contributed by atoms with Crippen LogP contribution in [-0.4, -0.2) is 32.8 Å². The highest BCUT2D eigenvalue weighted by Gasteiger charge is 2.13. The van der Waals surface area contributed by atoms with Crippen molar-refractivity contribution in [2.24, 2.45) is 0 Å². The van der Waals surface area contributed by atoms with Crippen molar-refractivity contribution < 1.29 is 19.0 Å². The van der Waals surface area contributed by atoms with E-state index < -0.39 is 0 Å². The summed E-state index contributed by atoms with van der Waals surface area (Å²) in [7, 11) is 3.22. The highest BCUT2D eigenvalue weighted by Crippen LogP contribution is 2.25. The van der Waals surface area contributed by atoms with E-state index in [9.17, 15) is 4.79 Å². The first-order valence-electron chi connectivity index (χ1n) is 9.19. The van der Waals surface area contributed by atoms with Crippen LogP contribution in [0.1, 0.15) is 22.8 Å². The van der Waals surface area contributed by atoms with Crippen LogP contribution in [0, 0.1) is 0 Å². The van der Waals surface area contributed by atoms with Gasteiger partial charge in [-0.05, 0) is 48.0 Å². The van der Waals surface area contributed by atoms with Gasteiger partial charge in [0.05, 0.1) is 13.7 Å². The van der Waals surface area contributed by atoms with Crippen LogP contribution in [-0.2, 0) is 11.3 Å². The first-order chi connectivity index (χ1) is 13.6. The second-order valence-corrected chi connectivity index (χ2v) is 6.65. The predicted octanol–water partition coefficient (Wildman–Crippen LogP) is 4.19. The molecule has 28 heavy (non-hydrogen) atoms. The van der Waals surface area contributed by atoms with E-state index in [2.05, 4.69) is 17.4 Å². The van der Waals surface area contributed by atoms with Crippen molar-refractivity contribution in [3.05, 3.63) is 71.8 Å². The number of carbonyl (C=O) groups excluding carboxylic acids is 1. The number of fused-ring (bicyclic) bond motifs is 1. The number of hydrogen-bond donors (Lipinski definition) is 1. The molecule has 1 N–H and O–H groups in total. The van der Waals surface area contributed by atoms with Crippen molar-refractivity contribution in [3.8, 4) is 11.5 Å². The maximum atomic E-state index is 12.5. The summed E-state index contributed by atoms with van der Waals surface area (Å²) in [5.74, 6) is 1.30. The van der Waals surface area contributed by atoms with Gasteiger partial charge in [-0.15, -0.1) is 0 Å². The minimum absolute atomic E-state index is 0.0723. The number of methoxy groups -OCH3 is 2. The van der Waals surface area contributed by atoms with Gasteiger partial charge in [0.15, 0.2) is 0 Å². The molecule has 0 saturated heterocycles. The minimum atomic E-state index is -0.154. The van der Waals surface area contributed by atoms with Gasteiger partial charge in [0.1, 0.15) is 18.1 Å². The van der Waals surface area contributed by atoms with Gasteiger partial charge < -0.3 is 19.5 Å². The molecule has 0 spiro atoms. The molecule has 5 nitrogen and oxygen atoms in total. The fourth-order valence-corrected chi connectivity index (χ4v) is 3.05. The van der Waals surface area contributed by atoms with Crippen molar-refractivity contribution in [1.29, 1.82) is 0 Å². The van der Waals surface area contributed by atoms with Crippen LogP contribution < -0.4 is 14.8 Å². The zero-order valence-electron chi connectivity index (χ0n) is 16.4. The van der Waals surface area contributed by atoms with Gasteiger partial charge in [-0.3, -0.25) is 4.79 Å². The first kappa shape index (κ1) is 19.7. The summed E-state index contributed by atoms with van der Waals surface area (Å²) in [6.07, 6.45) is 0. The molecule has 0 fully saturated rings. The molecule has 0 radical (unpaired) electrons. The van der Waals surface area contributed by atoms with E-state index in [0.29, 0.717) is 24.5 Å². The van der Waals surface area contributed by atoms with E-state index in [0.717, 1.165) is 22.1 Å². The second kappa shape index (κ2) is 9.24. The Kier molecular flexibility index (Phi) is 6.50. The Hall–Kier alpha value is -3.05. The lowest BCUT2D eigenvalue weighted by Crippen LogP contribution is -2.35. The van der Waals surface area contributed by atoms with Crippen LogP contribution >= 0.6 is 0 Å². The zero-order chi connectivity index (χ0) is 19.9. The summed E-state index contributed by atoms with van der Waals surface area (Å²) < 4.78 is 16.5. The molecule has 0 aliphatic carbocycles. The molecule has 0 saturated carbocycles. The molecule has 146 valence electrons. The third kappa shape index (κ3) is 4.81. The summed E-state index contributed by atoms with van der Waals surface area (Å²) in [6, 6.07) is 19.4. The summed E-state index contributed by atoms with van der Waals surface area (Å²) in [5, 5.41) is 5.19. The van der Waals surface area contributed by atoms with Crippen LogP contribution in [0.2, 0.25) is 0 Å². The van der Waals surface area contributed by atoms with E-state index in [1.54, 1.807) is 32.4 Å². The maximum absolute atomic E-state index is 12.5. The number of carbonyl (C=O) groups is 1. The fraction of sp³-hybridized carbons (Fsp3) is 0.261. The normalized spacial score (nSPS) is 11.8. The molecule has 0 aliphatic rings. The lowest BCUT2D eigenvalue weighted by Gasteiger charge is -2.15. The fourth-order valence-electron chi connectivity index (χ4n) is 3.05. The molecule has 0 aromatic heterocycles. The van der Waals surface area contributed by atoms with Crippen LogP contribution in [0.3, 0.4) is 0 Å². The molecule has 0 bridgehead atoms. The van der Waals surface area contributed by atoms with Crippen molar-refractivity contribution in [1.82, 2.24) is 5.32 Å². The van der Waals surface area contributed by atoms with Gasteiger partial charge in [0.25, 0.3) is 5.91 Å². The third-order valence-electron chi connectivity index (χ3n) is 4.45. The highest BCUT2D eigenvalue weighted by atomic mass is 16.5. The lowest BCUT2D eigenvalue weighted by atomic mass is 10.1. The molecule has 1 atom stereocenters. The molecule has 0 aliphatic heterocycles. The average molecular weight is 379 g/mol. The monoisotopic (exact) mass is 379 g/mol. The number of ether oxygens (including phenoxy) is 3. The largest absolute Gasteiger partial charge is 0.496 e. The lowest BCUT2D eigenvalue weighted by molar-refractivity contribution is 0.0905. The van der Waals surface area contributed by atoms with Crippen molar-refractivity contribution >= 4 is 16.7 Å². The number of amides is 1. The molecular weight excluding hydrogens is 354 g/mol. The Morgan fingerprint density at radius 1 is 1.00 bits per heavy atom. The minimum Gasteiger partial charge on any atom is -0.496 e. The van der Waals surface area contributed by atoms with Crippen LogP contribution in [0.25, 0.3) is 10.8 Å². The van der Waals surface area contributed by atoms with Gasteiger partial charge in [-0.2, -0.15) is 0 Å². The van der Waals surface area contributed by atoms with E-state index >= 15 is 0 Å². The number of hydrogen-bond acceptors (Lipinski definition) is 4. The summed E-state index contributed by atoms with van der Waals surface area (Å²) >= 11 is 0. The van der Waals surface area contributed by atoms with E-state index in [4.69, 9.17) is 14.2 Å². The standard InChI is InChI=1S/C23H25NO4/c1-16(14-26-2)24-23(25)19-9-11-22(27-3)20(12-19)15-28-21-10-8-17-6-4-5-7-18(17)13-21/h4-13,16H,14-15H2,1-3H3,(H,24,25). The molecular formula is C23H25NO4. The summed E-state index contributed by atoms with van der Waals surface area (Å²) in [5.41, 5.74) is 1.36. The predicted molar refractivity (Wildman–Crippen MR) is 110 cm³/mol. The quantitative estimate of drug-likeness (QED) is 0.638. The smallest absolute Gasteiger partial charge is 0.251 e. The van der Waals surface area contributed by atoms with Gasteiger partial charge in [-0.1, -0.05) is 30.3 Å². The van der Waals surface area contributed by atoms with Crippen molar-refractivity contribution in [3.63, 3.8) is 0 Å². The Balaban J connectivity index is 1.75. The first-order valence-corrected chi connectivity index (χ1v) is 9.19. The van der Waals surface area contributed by atoms with Gasteiger partial charge in [-0.25, -0.2) is 0 Å². The summed E-state index contributed by atoms with van der Waals surface area (Å²) in [4.78, 5) is 12.5. The molecule has 1 amide bonds. The van der Waals surface area contributed by atoms with E-state index in [1.807, 2.05) is 37.3 Å². The zero-order valence-corrected chi connectivity index (χ0v) is 16.4. The number of rotatable bonds is 8. The molecule has 0 heterocycles. The third-order valence-corrected chi connectivity index (χ3v) is 4.45. The topological polar surface area (TPSA) is 56.8 Å². The Morgan fingerprint density at radius 3 is 2.54 bits per heavy atom. The van der Waals surface area contributed by atoms with Gasteiger partial charge in [0.2, 0.25) is 0 Å².